The fraction of sp³-hybridized carbons (Fsp3) is 0.864. The maximum absolute atomic E-state index is 12.9. The van der Waals surface area contributed by atoms with Gasteiger partial charge in [0.15, 0.2) is 12.2 Å². The van der Waals surface area contributed by atoms with E-state index in [9.17, 15) is 43.2 Å². The van der Waals surface area contributed by atoms with E-state index < -0.39 is 97.5 Å². The molecule has 0 saturated carbocycles. The van der Waals surface area contributed by atoms with Crippen LogP contribution in [0.25, 0.3) is 0 Å². The second-order valence-corrected chi connectivity index (χ2v) is 24.1. The van der Waals surface area contributed by atoms with Gasteiger partial charge in [0.1, 0.15) is 19.3 Å². The van der Waals surface area contributed by atoms with Crippen molar-refractivity contribution in [3.05, 3.63) is 24.3 Å². The molecule has 0 fully saturated rings. The standard InChI is InChI=1S/C59H110O17P2/c1-6-9-12-15-16-17-18-19-20-21-22-27-30-35-40-45-59(64)76-55(49-70-57(62)43-38-34-29-26-24-23-25-28-33-36-41-52(4)5)51-74-78(67,68)72-47-53(60)46-71-77(65,66)73-50-54(75-58(63)44-39-32-14-11-8-3)48-69-56(61)42-37-31-13-10-7-2/h17-20,52-55,60H,6-16,21-51H2,1-5H3,(H,65,66)(H,67,68)/b18-17-,20-19-/t53-,54+,55+/m0/s1. The number of carbonyl (C=O) groups is 4. The van der Waals surface area contributed by atoms with Crippen molar-refractivity contribution in [3.63, 3.8) is 0 Å². The Morgan fingerprint density at radius 1 is 0.397 bits per heavy atom. The molecule has 0 aromatic heterocycles. The zero-order chi connectivity index (χ0) is 57.8. The molecular formula is C59H110O17P2. The minimum Gasteiger partial charge on any atom is -0.462 e. The number of unbranched alkanes of at least 4 members (excludes halogenated alkanes) is 26. The molecule has 0 rings (SSSR count). The van der Waals surface area contributed by atoms with Crippen LogP contribution in [0, 0.1) is 5.92 Å². The third kappa shape index (κ3) is 52.9. The first-order valence-electron chi connectivity index (χ1n) is 30.5. The second-order valence-electron chi connectivity index (χ2n) is 21.2. The largest absolute Gasteiger partial charge is 0.472 e. The van der Waals surface area contributed by atoms with Crippen LogP contribution in [0.15, 0.2) is 24.3 Å². The molecule has 3 N–H and O–H groups in total. The van der Waals surface area contributed by atoms with Crippen molar-refractivity contribution in [2.75, 3.05) is 39.6 Å². The third-order valence-corrected chi connectivity index (χ3v) is 14.8. The monoisotopic (exact) mass is 1150 g/mol. The summed E-state index contributed by atoms with van der Waals surface area (Å²) in [6, 6.07) is 0. The number of phosphoric ester groups is 2. The first-order valence-corrected chi connectivity index (χ1v) is 33.4. The Kier molecular flexibility index (Phi) is 50.9. The Labute approximate surface area is 472 Å². The fourth-order valence-electron chi connectivity index (χ4n) is 8.16. The number of ether oxygens (including phenoxy) is 4. The minimum atomic E-state index is -4.94. The highest BCUT2D eigenvalue weighted by atomic mass is 31.2. The van der Waals surface area contributed by atoms with Crippen LogP contribution in [0.4, 0.5) is 0 Å². The molecule has 2 unspecified atom stereocenters. The number of hydrogen-bond donors (Lipinski definition) is 3. The van der Waals surface area contributed by atoms with E-state index in [2.05, 4.69) is 58.9 Å². The highest BCUT2D eigenvalue weighted by Gasteiger charge is 2.30. The molecule has 0 amide bonds. The summed E-state index contributed by atoms with van der Waals surface area (Å²) in [5.41, 5.74) is 0. The van der Waals surface area contributed by atoms with Gasteiger partial charge >= 0.3 is 39.5 Å². The summed E-state index contributed by atoms with van der Waals surface area (Å²) in [4.78, 5) is 71.4. The van der Waals surface area contributed by atoms with Crippen LogP contribution in [0.5, 0.6) is 0 Å². The molecule has 78 heavy (non-hydrogen) atoms. The van der Waals surface area contributed by atoms with E-state index in [1.807, 2.05) is 0 Å². The van der Waals surface area contributed by atoms with Crippen LogP contribution >= 0.6 is 15.6 Å². The smallest absolute Gasteiger partial charge is 0.462 e. The van der Waals surface area contributed by atoms with E-state index in [4.69, 9.17) is 37.0 Å². The van der Waals surface area contributed by atoms with Crippen LogP contribution in [0.1, 0.15) is 266 Å². The van der Waals surface area contributed by atoms with Crippen LogP contribution in [0.2, 0.25) is 0 Å². The van der Waals surface area contributed by atoms with Crippen molar-refractivity contribution in [2.45, 2.75) is 284 Å². The zero-order valence-electron chi connectivity index (χ0n) is 49.3. The average Bonchev–Trinajstić information content (AvgIpc) is 3.40. The van der Waals surface area contributed by atoms with Crippen LogP contribution in [-0.4, -0.2) is 96.7 Å². The number of allylic oxidation sites excluding steroid dienone is 4. The zero-order valence-corrected chi connectivity index (χ0v) is 51.1. The molecule has 0 bridgehead atoms. The van der Waals surface area contributed by atoms with Gasteiger partial charge in [-0.25, -0.2) is 9.13 Å². The number of aliphatic hydroxyl groups is 1. The molecule has 0 spiro atoms. The fourth-order valence-corrected chi connectivity index (χ4v) is 9.74. The van der Waals surface area contributed by atoms with E-state index in [-0.39, 0.29) is 25.7 Å². The number of aliphatic hydroxyl groups excluding tert-OH is 1. The van der Waals surface area contributed by atoms with Crippen molar-refractivity contribution >= 4 is 39.5 Å². The third-order valence-electron chi connectivity index (χ3n) is 12.9. The van der Waals surface area contributed by atoms with Crippen molar-refractivity contribution in [1.29, 1.82) is 0 Å². The molecule has 0 saturated heterocycles. The van der Waals surface area contributed by atoms with Gasteiger partial charge in [0.25, 0.3) is 0 Å². The highest BCUT2D eigenvalue weighted by Crippen LogP contribution is 2.45. The van der Waals surface area contributed by atoms with Crippen molar-refractivity contribution in [1.82, 2.24) is 0 Å². The molecule has 0 aromatic rings. The summed E-state index contributed by atoms with van der Waals surface area (Å²) >= 11 is 0. The van der Waals surface area contributed by atoms with E-state index in [1.165, 1.54) is 70.6 Å². The summed E-state index contributed by atoms with van der Waals surface area (Å²) in [6.07, 6.45) is 37.8. The van der Waals surface area contributed by atoms with E-state index in [0.717, 1.165) is 115 Å². The van der Waals surface area contributed by atoms with Gasteiger partial charge in [-0.05, 0) is 57.3 Å². The normalized spacial score (nSPS) is 14.6. The number of esters is 4. The molecule has 0 aliphatic carbocycles. The maximum Gasteiger partial charge on any atom is 0.472 e. The van der Waals surface area contributed by atoms with Crippen LogP contribution < -0.4 is 0 Å². The average molecular weight is 1150 g/mol. The first kappa shape index (κ1) is 75.5. The maximum atomic E-state index is 12.9. The molecule has 19 heteroatoms. The molecule has 0 radical (unpaired) electrons. The predicted molar refractivity (Wildman–Crippen MR) is 307 cm³/mol. The molecular weight excluding hydrogens is 1040 g/mol. The Morgan fingerprint density at radius 2 is 0.692 bits per heavy atom. The SMILES string of the molecule is CCCCCC/C=C\C=C/CCCCCCCC(=O)O[C@H](COC(=O)CCCCCCCCCCCCC(C)C)COP(=O)(O)OC[C@@H](O)COP(=O)(O)OC[C@@H](COC(=O)CCCCCCC)OC(=O)CCCCCCC. The van der Waals surface area contributed by atoms with Crippen molar-refractivity contribution in [2.24, 2.45) is 5.92 Å². The van der Waals surface area contributed by atoms with Gasteiger partial charge in [-0.2, -0.15) is 0 Å². The summed E-state index contributed by atoms with van der Waals surface area (Å²) in [5, 5.41) is 10.5. The molecule has 17 nitrogen and oxygen atoms in total. The molecule has 458 valence electrons. The van der Waals surface area contributed by atoms with Gasteiger partial charge in [0.2, 0.25) is 0 Å². The van der Waals surface area contributed by atoms with Crippen LogP contribution in [0.3, 0.4) is 0 Å². The summed E-state index contributed by atoms with van der Waals surface area (Å²) in [6.45, 7) is 6.89. The summed E-state index contributed by atoms with van der Waals surface area (Å²) in [5.74, 6) is -1.44. The lowest BCUT2D eigenvalue weighted by Crippen LogP contribution is -2.30. The van der Waals surface area contributed by atoms with Crippen LogP contribution in [-0.2, 0) is 65.4 Å². The highest BCUT2D eigenvalue weighted by molar-refractivity contribution is 7.47. The van der Waals surface area contributed by atoms with E-state index in [1.54, 1.807) is 0 Å². The Bertz CT molecular complexity index is 1620. The lowest BCUT2D eigenvalue weighted by molar-refractivity contribution is -0.161. The Morgan fingerprint density at radius 3 is 1.05 bits per heavy atom. The molecule has 0 aliphatic rings. The predicted octanol–water partition coefficient (Wildman–Crippen LogP) is 15.4. The van der Waals surface area contributed by atoms with Gasteiger partial charge in [-0.1, -0.05) is 213 Å². The number of hydrogen-bond acceptors (Lipinski definition) is 15. The van der Waals surface area contributed by atoms with Gasteiger partial charge in [0.05, 0.1) is 26.4 Å². The van der Waals surface area contributed by atoms with E-state index >= 15 is 0 Å². The summed E-state index contributed by atoms with van der Waals surface area (Å²) < 4.78 is 67.3. The number of carbonyl (C=O) groups excluding carboxylic acids is 4. The lowest BCUT2D eigenvalue weighted by atomic mass is 10.0. The molecule has 0 heterocycles. The Balaban J connectivity index is 5.17. The van der Waals surface area contributed by atoms with Crippen molar-refractivity contribution < 1.29 is 80.2 Å². The van der Waals surface area contributed by atoms with Gasteiger partial charge in [-0.15, -0.1) is 0 Å². The molecule has 0 aromatic carbocycles. The van der Waals surface area contributed by atoms with Gasteiger partial charge < -0.3 is 33.8 Å². The minimum absolute atomic E-state index is 0.0845. The lowest BCUT2D eigenvalue weighted by Gasteiger charge is -2.21. The molecule has 5 atom stereocenters. The van der Waals surface area contributed by atoms with Gasteiger partial charge in [-0.3, -0.25) is 37.3 Å². The van der Waals surface area contributed by atoms with Crippen molar-refractivity contribution in [3.8, 4) is 0 Å². The Hall–Kier alpha value is -2.46. The molecule has 0 aliphatic heterocycles. The van der Waals surface area contributed by atoms with E-state index in [0.29, 0.717) is 25.7 Å². The number of phosphoric acid groups is 2. The summed E-state index contributed by atoms with van der Waals surface area (Å²) in [7, 11) is -9.87. The number of rotatable bonds is 57. The quantitative estimate of drug-likeness (QED) is 0.0169. The van der Waals surface area contributed by atoms with Gasteiger partial charge in [0, 0.05) is 25.7 Å². The topological polar surface area (TPSA) is 237 Å². The first-order chi connectivity index (χ1) is 37.5. The second kappa shape index (κ2) is 52.6.